The van der Waals surface area contributed by atoms with Crippen molar-refractivity contribution < 1.29 is 0 Å². The van der Waals surface area contributed by atoms with E-state index in [0.717, 1.165) is 22.0 Å². The van der Waals surface area contributed by atoms with E-state index in [2.05, 4.69) is 12.2 Å². The lowest BCUT2D eigenvalue weighted by Crippen LogP contribution is -2.16. The van der Waals surface area contributed by atoms with Crippen molar-refractivity contribution in [1.82, 2.24) is 5.32 Å². The van der Waals surface area contributed by atoms with E-state index in [-0.39, 0.29) is 0 Å². The Morgan fingerprint density at radius 1 is 0.952 bits per heavy atom. The van der Waals surface area contributed by atoms with Crippen molar-refractivity contribution in [3.63, 3.8) is 0 Å². The first-order chi connectivity index (χ1) is 10.2. The first-order valence-electron chi connectivity index (χ1n) is 8.31. The molecule has 120 valence electrons. The zero-order valence-electron chi connectivity index (χ0n) is 13.4. The number of rotatable bonds is 11. The Bertz CT molecular complexity index is 393. The number of halogens is 2. The molecule has 3 heteroatoms. The van der Waals surface area contributed by atoms with E-state index in [9.17, 15) is 0 Å². The normalized spacial score (nSPS) is 12.6. The highest BCUT2D eigenvalue weighted by Crippen LogP contribution is 2.29. The van der Waals surface area contributed by atoms with Crippen molar-refractivity contribution in [2.45, 2.75) is 70.8 Å². The first-order valence-corrected chi connectivity index (χ1v) is 9.06. The van der Waals surface area contributed by atoms with Crippen LogP contribution in [0.4, 0.5) is 0 Å². The molecule has 0 spiro atoms. The second-order valence-corrected chi connectivity index (χ2v) is 6.61. The number of unbranched alkanes of at least 4 members (excludes halogenated alkanes) is 7. The molecule has 0 bridgehead atoms. The lowest BCUT2D eigenvalue weighted by atomic mass is 9.99. The maximum Gasteiger partial charge on any atom is 0.0454 e. The summed E-state index contributed by atoms with van der Waals surface area (Å²) in [6.45, 7) is 2.26. The van der Waals surface area contributed by atoms with Crippen LogP contribution in [0.5, 0.6) is 0 Å². The standard InChI is InChI=1S/C18H29Cl2N/c1-3-4-5-6-7-8-9-10-11-18(21-2)16-14-15(19)12-13-17(16)20/h12-14,18,21H,3-11H2,1-2H3. The van der Waals surface area contributed by atoms with Crippen LogP contribution in [-0.4, -0.2) is 7.05 Å². The van der Waals surface area contributed by atoms with E-state index in [4.69, 9.17) is 23.2 Å². The third-order valence-electron chi connectivity index (χ3n) is 4.03. The molecule has 0 fully saturated rings. The van der Waals surface area contributed by atoms with Gasteiger partial charge in [0.2, 0.25) is 0 Å². The van der Waals surface area contributed by atoms with Gasteiger partial charge in [-0.2, -0.15) is 0 Å². The minimum absolute atomic E-state index is 0.302. The van der Waals surface area contributed by atoms with Crippen molar-refractivity contribution in [2.24, 2.45) is 0 Å². The number of hydrogen-bond acceptors (Lipinski definition) is 1. The Hall–Kier alpha value is -0.240. The van der Waals surface area contributed by atoms with Crippen molar-refractivity contribution in [3.8, 4) is 0 Å². The minimum Gasteiger partial charge on any atom is -0.313 e. The fourth-order valence-corrected chi connectivity index (χ4v) is 3.15. The monoisotopic (exact) mass is 329 g/mol. The van der Waals surface area contributed by atoms with Gasteiger partial charge in [0, 0.05) is 16.1 Å². The highest BCUT2D eigenvalue weighted by molar-refractivity contribution is 6.33. The number of hydrogen-bond donors (Lipinski definition) is 1. The molecular formula is C18H29Cl2N. The molecule has 1 rings (SSSR count). The Morgan fingerprint density at radius 3 is 2.19 bits per heavy atom. The number of benzene rings is 1. The summed E-state index contributed by atoms with van der Waals surface area (Å²) in [7, 11) is 1.99. The summed E-state index contributed by atoms with van der Waals surface area (Å²) in [6, 6.07) is 6.01. The van der Waals surface area contributed by atoms with Crippen molar-refractivity contribution in [2.75, 3.05) is 7.05 Å². The SMILES string of the molecule is CCCCCCCCCCC(NC)c1cc(Cl)ccc1Cl. The molecule has 0 amide bonds. The Morgan fingerprint density at radius 2 is 1.57 bits per heavy atom. The van der Waals surface area contributed by atoms with Gasteiger partial charge in [-0.05, 0) is 37.2 Å². The Balaban J connectivity index is 2.27. The van der Waals surface area contributed by atoms with Gasteiger partial charge in [0.25, 0.3) is 0 Å². The fourth-order valence-electron chi connectivity index (χ4n) is 2.72. The van der Waals surface area contributed by atoms with Crippen LogP contribution in [0.15, 0.2) is 18.2 Å². The molecule has 0 saturated heterocycles. The van der Waals surface area contributed by atoms with E-state index in [1.807, 2.05) is 25.2 Å². The minimum atomic E-state index is 0.302. The quantitative estimate of drug-likeness (QED) is 0.441. The fraction of sp³-hybridized carbons (Fsp3) is 0.667. The molecule has 1 aromatic carbocycles. The Labute approximate surface area is 140 Å². The van der Waals surface area contributed by atoms with E-state index in [1.165, 1.54) is 51.4 Å². The summed E-state index contributed by atoms with van der Waals surface area (Å²) in [5, 5.41) is 4.92. The van der Waals surface area contributed by atoms with Gasteiger partial charge < -0.3 is 5.32 Å². The van der Waals surface area contributed by atoms with Crippen molar-refractivity contribution in [1.29, 1.82) is 0 Å². The lowest BCUT2D eigenvalue weighted by molar-refractivity contribution is 0.494. The molecule has 0 aliphatic rings. The van der Waals surface area contributed by atoms with Crippen molar-refractivity contribution >= 4 is 23.2 Å². The summed E-state index contributed by atoms with van der Waals surface area (Å²) in [4.78, 5) is 0. The van der Waals surface area contributed by atoms with Crippen LogP contribution in [-0.2, 0) is 0 Å². The molecule has 1 atom stereocenters. The average Bonchev–Trinajstić information content (AvgIpc) is 2.49. The topological polar surface area (TPSA) is 12.0 Å². The van der Waals surface area contributed by atoms with Crippen LogP contribution < -0.4 is 5.32 Å². The molecule has 0 heterocycles. The van der Waals surface area contributed by atoms with Gasteiger partial charge in [-0.25, -0.2) is 0 Å². The zero-order valence-corrected chi connectivity index (χ0v) is 14.9. The summed E-state index contributed by atoms with van der Waals surface area (Å²) in [5.74, 6) is 0. The van der Waals surface area contributed by atoms with E-state index < -0.39 is 0 Å². The lowest BCUT2D eigenvalue weighted by Gasteiger charge is -2.18. The molecule has 1 unspecified atom stereocenters. The van der Waals surface area contributed by atoms with E-state index in [1.54, 1.807) is 0 Å². The zero-order chi connectivity index (χ0) is 15.5. The molecule has 0 saturated carbocycles. The molecule has 1 nitrogen and oxygen atoms in total. The van der Waals surface area contributed by atoms with Crippen LogP contribution in [0.3, 0.4) is 0 Å². The van der Waals surface area contributed by atoms with Crippen LogP contribution in [0.2, 0.25) is 10.0 Å². The summed E-state index contributed by atoms with van der Waals surface area (Å²) in [6.07, 6.45) is 11.9. The van der Waals surface area contributed by atoms with Gasteiger partial charge in [0.15, 0.2) is 0 Å². The highest BCUT2D eigenvalue weighted by atomic mass is 35.5. The van der Waals surface area contributed by atoms with E-state index in [0.29, 0.717) is 6.04 Å². The van der Waals surface area contributed by atoms with Gasteiger partial charge in [-0.3, -0.25) is 0 Å². The highest BCUT2D eigenvalue weighted by Gasteiger charge is 2.12. The summed E-state index contributed by atoms with van der Waals surface area (Å²) in [5.41, 5.74) is 1.12. The van der Waals surface area contributed by atoms with Crippen LogP contribution in [0.25, 0.3) is 0 Å². The molecule has 0 aliphatic heterocycles. The van der Waals surface area contributed by atoms with Crippen LogP contribution in [0.1, 0.15) is 76.3 Å². The van der Waals surface area contributed by atoms with Crippen LogP contribution >= 0.6 is 23.2 Å². The van der Waals surface area contributed by atoms with Gasteiger partial charge >= 0.3 is 0 Å². The van der Waals surface area contributed by atoms with Crippen LogP contribution in [0, 0.1) is 0 Å². The van der Waals surface area contributed by atoms with Gasteiger partial charge in [0.05, 0.1) is 0 Å². The molecule has 0 aliphatic carbocycles. The molecule has 1 aromatic rings. The second kappa shape index (κ2) is 11.3. The van der Waals surface area contributed by atoms with Gasteiger partial charge in [0.1, 0.15) is 0 Å². The Kier molecular flexibility index (Phi) is 10.2. The maximum absolute atomic E-state index is 6.28. The molecule has 1 N–H and O–H groups in total. The predicted octanol–water partition coefficient (Wildman–Crippen LogP) is 6.78. The molecule has 0 radical (unpaired) electrons. The van der Waals surface area contributed by atoms with Gasteiger partial charge in [-0.1, -0.05) is 81.5 Å². The second-order valence-electron chi connectivity index (χ2n) is 5.77. The van der Waals surface area contributed by atoms with E-state index >= 15 is 0 Å². The molecule has 0 aromatic heterocycles. The third-order valence-corrected chi connectivity index (χ3v) is 4.61. The van der Waals surface area contributed by atoms with Gasteiger partial charge in [-0.15, -0.1) is 0 Å². The first kappa shape index (κ1) is 18.8. The summed E-state index contributed by atoms with van der Waals surface area (Å²) < 4.78 is 0. The molecular weight excluding hydrogens is 301 g/mol. The maximum atomic E-state index is 6.28. The summed E-state index contributed by atoms with van der Waals surface area (Å²) >= 11 is 12.4. The smallest absolute Gasteiger partial charge is 0.0454 e. The molecule has 21 heavy (non-hydrogen) atoms. The number of nitrogens with one attached hydrogen (secondary N) is 1. The predicted molar refractivity (Wildman–Crippen MR) is 95.5 cm³/mol. The van der Waals surface area contributed by atoms with Crippen molar-refractivity contribution in [3.05, 3.63) is 33.8 Å². The largest absolute Gasteiger partial charge is 0.313 e. The average molecular weight is 330 g/mol. The third kappa shape index (κ3) is 7.54.